The Kier molecular flexibility index (Phi) is 6.69. The van der Waals surface area contributed by atoms with E-state index in [9.17, 15) is 9.59 Å². The van der Waals surface area contributed by atoms with E-state index in [-0.39, 0.29) is 23.8 Å². The van der Waals surface area contributed by atoms with Crippen molar-refractivity contribution in [2.45, 2.75) is 38.6 Å². The smallest absolute Gasteiger partial charge is 0.254 e. The Morgan fingerprint density at radius 2 is 2.00 bits per heavy atom. The van der Waals surface area contributed by atoms with Crippen LogP contribution in [0.5, 0.6) is 0 Å². The van der Waals surface area contributed by atoms with Crippen LogP contribution in [0.25, 0.3) is 5.69 Å². The minimum absolute atomic E-state index is 0.0979. The largest absolute Gasteiger partial charge is 0.352 e. The van der Waals surface area contributed by atoms with E-state index in [2.05, 4.69) is 10.2 Å². The Morgan fingerprint density at radius 1 is 1.28 bits per heavy atom. The lowest BCUT2D eigenvalue weighted by Crippen LogP contribution is -2.48. The fraction of sp³-hybridized carbons (Fsp3) is 0.500. The van der Waals surface area contributed by atoms with Crippen molar-refractivity contribution in [2.24, 2.45) is 0 Å². The second kappa shape index (κ2) is 9.22. The number of benzene rings is 1. The number of carbonyl (C=O) groups excluding carboxylic acids is 2. The molecule has 0 spiro atoms. The second-order valence-electron chi connectivity index (χ2n) is 7.81. The van der Waals surface area contributed by atoms with Crippen LogP contribution >= 0.6 is 0 Å². The van der Waals surface area contributed by atoms with Crippen LogP contribution in [0.2, 0.25) is 0 Å². The molecule has 2 atom stereocenters. The Labute approximate surface area is 172 Å². The maximum absolute atomic E-state index is 12.7. The fourth-order valence-electron chi connectivity index (χ4n) is 3.94. The van der Waals surface area contributed by atoms with Gasteiger partial charge >= 0.3 is 0 Å². The predicted octanol–water partition coefficient (Wildman–Crippen LogP) is 2.28. The number of hydrogen-bond acceptors (Lipinski definition) is 4. The molecule has 0 bridgehead atoms. The highest BCUT2D eigenvalue weighted by Crippen LogP contribution is 2.30. The summed E-state index contributed by atoms with van der Waals surface area (Å²) in [5.74, 6) is 0.118. The summed E-state index contributed by atoms with van der Waals surface area (Å²) in [5.41, 5.74) is 2.36. The zero-order chi connectivity index (χ0) is 21.0. The maximum Gasteiger partial charge on any atom is 0.254 e. The quantitative estimate of drug-likeness (QED) is 0.812. The first-order valence-electron chi connectivity index (χ1n) is 10.3. The van der Waals surface area contributed by atoms with Gasteiger partial charge in [-0.2, -0.15) is 5.10 Å². The first-order valence-corrected chi connectivity index (χ1v) is 10.3. The van der Waals surface area contributed by atoms with E-state index in [4.69, 9.17) is 5.10 Å². The standard InChI is InChI=1S/C22H31N5O2/c1-5-23-21(28)19-15-27(18-11-7-6-8-12-18)24-20(19)17-10-9-13-26(14-17)16(2)22(29)25(3)4/h6-8,11-12,15-17H,5,9-10,13-14H2,1-4H3,(H,23,28)/t16-,17-/m1/s1. The molecular formula is C22H31N5O2. The van der Waals surface area contributed by atoms with Gasteiger partial charge in [-0.25, -0.2) is 4.68 Å². The van der Waals surface area contributed by atoms with E-state index in [1.807, 2.05) is 50.4 Å². The molecule has 0 saturated carbocycles. The lowest BCUT2D eigenvalue weighted by atomic mass is 9.91. The number of aromatic nitrogens is 2. The highest BCUT2D eigenvalue weighted by Gasteiger charge is 2.32. The third-order valence-corrected chi connectivity index (χ3v) is 5.53. The summed E-state index contributed by atoms with van der Waals surface area (Å²) in [7, 11) is 3.57. The minimum atomic E-state index is -0.183. The zero-order valence-electron chi connectivity index (χ0n) is 17.8. The Balaban J connectivity index is 1.90. The summed E-state index contributed by atoms with van der Waals surface area (Å²) in [6.45, 7) is 6.04. The van der Waals surface area contributed by atoms with Gasteiger partial charge in [0.15, 0.2) is 0 Å². The van der Waals surface area contributed by atoms with E-state index in [0.29, 0.717) is 12.1 Å². The van der Waals surface area contributed by atoms with Crippen molar-refractivity contribution in [3.05, 3.63) is 47.8 Å². The molecule has 2 amide bonds. The average molecular weight is 398 g/mol. The molecule has 1 fully saturated rings. The number of likely N-dealkylation sites (N-methyl/N-ethyl adjacent to an activating group) is 1. The van der Waals surface area contributed by atoms with Gasteiger partial charge in [-0.1, -0.05) is 18.2 Å². The van der Waals surface area contributed by atoms with E-state index in [1.165, 1.54) is 0 Å². The first-order chi connectivity index (χ1) is 13.9. The molecule has 1 saturated heterocycles. The number of amides is 2. The fourth-order valence-corrected chi connectivity index (χ4v) is 3.94. The number of hydrogen-bond donors (Lipinski definition) is 1. The van der Waals surface area contributed by atoms with Crippen LogP contribution in [0.1, 0.15) is 48.7 Å². The number of carbonyl (C=O) groups is 2. The Morgan fingerprint density at radius 3 is 2.66 bits per heavy atom. The molecule has 1 N–H and O–H groups in total. The maximum atomic E-state index is 12.7. The molecule has 7 nitrogen and oxygen atoms in total. The summed E-state index contributed by atoms with van der Waals surface area (Å²) in [6, 6.07) is 9.64. The van der Waals surface area contributed by atoms with Crippen molar-refractivity contribution in [1.29, 1.82) is 0 Å². The van der Waals surface area contributed by atoms with Crippen molar-refractivity contribution in [3.63, 3.8) is 0 Å². The molecule has 0 unspecified atom stereocenters. The number of nitrogens with one attached hydrogen (secondary N) is 1. The predicted molar refractivity (Wildman–Crippen MR) is 113 cm³/mol. The summed E-state index contributed by atoms with van der Waals surface area (Å²) < 4.78 is 1.78. The highest BCUT2D eigenvalue weighted by atomic mass is 16.2. The van der Waals surface area contributed by atoms with Gasteiger partial charge in [0.2, 0.25) is 5.91 Å². The van der Waals surface area contributed by atoms with Crippen LogP contribution in [-0.2, 0) is 4.79 Å². The normalized spacial score (nSPS) is 18.3. The molecule has 156 valence electrons. The van der Waals surface area contributed by atoms with Crippen molar-refractivity contribution < 1.29 is 9.59 Å². The van der Waals surface area contributed by atoms with Gasteiger partial charge in [0.05, 0.1) is 23.0 Å². The number of rotatable bonds is 6. The molecule has 7 heteroatoms. The van der Waals surface area contributed by atoms with Crippen molar-refractivity contribution in [2.75, 3.05) is 33.7 Å². The lowest BCUT2D eigenvalue weighted by molar-refractivity contribution is -0.134. The topological polar surface area (TPSA) is 70.5 Å². The average Bonchev–Trinajstić information content (AvgIpc) is 3.19. The molecule has 1 aliphatic heterocycles. The number of piperidine rings is 1. The summed E-state index contributed by atoms with van der Waals surface area (Å²) >= 11 is 0. The molecule has 1 aromatic carbocycles. The lowest BCUT2D eigenvalue weighted by Gasteiger charge is -2.36. The molecule has 2 heterocycles. The van der Waals surface area contributed by atoms with Gasteiger partial charge in [0.1, 0.15) is 0 Å². The zero-order valence-corrected chi connectivity index (χ0v) is 17.8. The molecule has 1 aliphatic rings. The van der Waals surface area contributed by atoms with Crippen LogP contribution in [0.3, 0.4) is 0 Å². The monoisotopic (exact) mass is 397 g/mol. The van der Waals surface area contributed by atoms with Gasteiger partial charge in [-0.05, 0) is 45.4 Å². The van der Waals surface area contributed by atoms with Crippen LogP contribution in [0, 0.1) is 0 Å². The summed E-state index contributed by atoms with van der Waals surface area (Å²) in [4.78, 5) is 29.0. The van der Waals surface area contributed by atoms with Crippen LogP contribution in [0.15, 0.2) is 36.5 Å². The van der Waals surface area contributed by atoms with Gasteiger partial charge in [-0.15, -0.1) is 0 Å². The molecule has 2 aromatic rings. The van der Waals surface area contributed by atoms with E-state index in [0.717, 1.165) is 37.3 Å². The third kappa shape index (κ3) is 4.67. The minimum Gasteiger partial charge on any atom is -0.352 e. The van der Waals surface area contributed by atoms with Gasteiger partial charge in [-0.3, -0.25) is 14.5 Å². The van der Waals surface area contributed by atoms with E-state index < -0.39 is 0 Å². The first kappa shape index (κ1) is 21.0. The van der Waals surface area contributed by atoms with Gasteiger partial charge in [0, 0.05) is 39.3 Å². The third-order valence-electron chi connectivity index (χ3n) is 5.53. The molecule has 3 rings (SSSR count). The number of nitrogens with zero attached hydrogens (tertiary/aromatic N) is 4. The summed E-state index contributed by atoms with van der Waals surface area (Å²) in [6.07, 6.45) is 3.75. The van der Waals surface area contributed by atoms with E-state index >= 15 is 0 Å². The molecular weight excluding hydrogens is 366 g/mol. The Hall–Kier alpha value is -2.67. The van der Waals surface area contributed by atoms with Crippen LogP contribution in [0.4, 0.5) is 0 Å². The van der Waals surface area contributed by atoms with Gasteiger partial charge < -0.3 is 10.2 Å². The SMILES string of the molecule is CCNC(=O)c1cn(-c2ccccc2)nc1[C@@H]1CCCN([C@H](C)C(=O)N(C)C)C1. The molecule has 1 aromatic heterocycles. The Bertz CT molecular complexity index is 846. The van der Waals surface area contributed by atoms with E-state index in [1.54, 1.807) is 23.7 Å². The van der Waals surface area contributed by atoms with Crippen LogP contribution in [-0.4, -0.2) is 71.2 Å². The van der Waals surface area contributed by atoms with Crippen molar-refractivity contribution in [3.8, 4) is 5.69 Å². The van der Waals surface area contributed by atoms with Crippen LogP contribution < -0.4 is 5.32 Å². The molecule has 0 radical (unpaired) electrons. The van der Waals surface area contributed by atoms with Gasteiger partial charge in [0.25, 0.3) is 5.91 Å². The van der Waals surface area contributed by atoms with Crippen molar-refractivity contribution in [1.82, 2.24) is 24.9 Å². The molecule has 29 heavy (non-hydrogen) atoms. The second-order valence-corrected chi connectivity index (χ2v) is 7.81. The summed E-state index contributed by atoms with van der Waals surface area (Å²) in [5, 5.41) is 7.72. The number of likely N-dealkylation sites (tertiary alicyclic amines) is 1. The highest BCUT2D eigenvalue weighted by molar-refractivity contribution is 5.95. The van der Waals surface area contributed by atoms with Crippen molar-refractivity contribution >= 4 is 11.8 Å². The molecule has 0 aliphatic carbocycles. The number of para-hydroxylation sites is 1.